The number of nitrogens with one attached hydrogen (secondary N) is 1. The van der Waals surface area contributed by atoms with Crippen LogP contribution in [0, 0.1) is 6.92 Å². The predicted molar refractivity (Wildman–Crippen MR) is 75.4 cm³/mol. The normalized spacial score (nSPS) is 10.4. The van der Waals surface area contributed by atoms with E-state index in [1.165, 1.54) is 11.1 Å². The molecule has 0 aliphatic heterocycles. The van der Waals surface area contributed by atoms with Crippen LogP contribution >= 0.6 is 0 Å². The first-order chi connectivity index (χ1) is 8.69. The fraction of sp³-hybridized carbons (Fsp3) is 0.533. The van der Waals surface area contributed by atoms with Gasteiger partial charge in [0, 0.05) is 19.5 Å². The molecule has 0 spiro atoms. The molecule has 0 unspecified atom stereocenters. The van der Waals surface area contributed by atoms with E-state index >= 15 is 0 Å². The lowest BCUT2D eigenvalue weighted by Crippen LogP contribution is -2.30. The molecule has 1 N–H and O–H groups in total. The molecule has 0 aliphatic rings. The lowest BCUT2D eigenvalue weighted by atomic mass is 10.1. The highest BCUT2D eigenvalue weighted by Crippen LogP contribution is 2.11. The number of aryl methyl sites for hydroxylation is 1. The highest BCUT2D eigenvalue weighted by molar-refractivity contribution is 5.76. The van der Waals surface area contributed by atoms with Crippen LogP contribution in [0.5, 0.6) is 0 Å². The van der Waals surface area contributed by atoms with Crippen LogP contribution in [-0.2, 0) is 11.3 Å². The molecule has 3 nitrogen and oxygen atoms in total. The molecule has 0 heterocycles. The molecule has 0 saturated carbocycles. The van der Waals surface area contributed by atoms with Crippen molar-refractivity contribution >= 4 is 5.91 Å². The number of hydrogen-bond donors (Lipinski definition) is 1. The van der Waals surface area contributed by atoms with Crippen molar-refractivity contribution in [1.82, 2.24) is 10.2 Å². The minimum Gasteiger partial charge on any atom is -0.339 e. The monoisotopic (exact) mass is 248 g/mol. The zero-order valence-electron chi connectivity index (χ0n) is 11.7. The highest BCUT2D eigenvalue weighted by atomic mass is 16.2. The number of amides is 1. The molecule has 1 aromatic rings. The Labute approximate surface area is 110 Å². The lowest BCUT2D eigenvalue weighted by Gasteiger charge is -2.22. The Hall–Kier alpha value is -1.35. The van der Waals surface area contributed by atoms with Gasteiger partial charge >= 0.3 is 0 Å². The zero-order valence-corrected chi connectivity index (χ0v) is 11.7. The SMILES string of the molecule is CCN(Cc1ccccc1C)C(=O)CCCNC. The summed E-state index contributed by atoms with van der Waals surface area (Å²) in [6.45, 7) is 6.52. The van der Waals surface area contributed by atoms with Crippen molar-refractivity contribution < 1.29 is 4.79 Å². The van der Waals surface area contributed by atoms with Gasteiger partial charge in [0.25, 0.3) is 0 Å². The van der Waals surface area contributed by atoms with Gasteiger partial charge in [0.05, 0.1) is 0 Å². The fourth-order valence-electron chi connectivity index (χ4n) is 1.94. The highest BCUT2D eigenvalue weighted by Gasteiger charge is 2.12. The van der Waals surface area contributed by atoms with Crippen LogP contribution in [0.1, 0.15) is 30.9 Å². The van der Waals surface area contributed by atoms with Crippen LogP contribution in [0.3, 0.4) is 0 Å². The minimum absolute atomic E-state index is 0.246. The molecule has 0 radical (unpaired) electrons. The summed E-state index contributed by atoms with van der Waals surface area (Å²) in [6.07, 6.45) is 1.53. The number of nitrogens with zero attached hydrogens (tertiary/aromatic N) is 1. The number of hydrogen-bond acceptors (Lipinski definition) is 2. The smallest absolute Gasteiger partial charge is 0.222 e. The van der Waals surface area contributed by atoms with Crippen LogP contribution < -0.4 is 5.32 Å². The van der Waals surface area contributed by atoms with Crippen LogP contribution in [-0.4, -0.2) is 30.9 Å². The van der Waals surface area contributed by atoms with Gasteiger partial charge in [-0.2, -0.15) is 0 Å². The predicted octanol–water partition coefficient (Wildman–Crippen LogP) is 2.34. The quantitative estimate of drug-likeness (QED) is 0.751. The van der Waals surface area contributed by atoms with Gasteiger partial charge in [-0.05, 0) is 45.0 Å². The van der Waals surface area contributed by atoms with E-state index in [0.29, 0.717) is 6.42 Å². The van der Waals surface area contributed by atoms with E-state index < -0.39 is 0 Å². The number of benzene rings is 1. The second kappa shape index (κ2) is 7.88. The molecule has 0 bridgehead atoms. The Kier molecular flexibility index (Phi) is 6.44. The summed E-state index contributed by atoms with van der Waals surface area (Å²) in [5.41, 5.74) is 2.49. The Morgan fingerprint density at radius 3 is 2.67 bits per heavy atom. The largest absolute Gasteiger partial charge is 0.339 e. The average molecular weight is 248 g/mol. The first-order valence-electron chi connectivity index (χ1n) is 6.66. The van der Waals surface area contributed by atoms with E-state index in [1.54, 1.807) is 0 Å². The Bertz CT molecular complexity index is 377. The molecular weight excluding hydrogens is 224 g/mol. The van der Waals surface area contributed by atoms with E-state index in [2.05, 4.69) is 24.4 Å². The van der Waals surface area contributed by atoms with Gasteiger partial charge < -0.3 is 10.2 Å². The van der Waals surface area contributed by atoms with Gasteiger partial charge in [-0.15, -0.1) is 0 Å². The maximum Gasteiger partial charge on any atom is 0.222 e. The number of carbonyl (C=O) groups excluding carboxylic acids is 1. The number of carbonyl (C=O) groups is 1. The molecule has 0 atom stereocenters. The molecule has 0 aromatic heterocycles. The second-order valence-corrected chi connectivity index (χ2v) is 4.54. The van der Waals surface area contributed by atoms with Crippen LogP contribution in [0.4, 0.5) is 0 Å². The fourth-order valence-corrected chi connectivity index (χ4v) is 1.94. The van der Waals surface area contributed by atoms with Crippen molar-refractivity contribution in [2.75, 3.05) is 20.1 Å². The maximum atomic E-state index is 12.1. The Balaban J connectivity index is 2.56. The summed E-state index contributed by atoms with van der Waals surface area (Å²) in [5, 5.41) is 3.07. The third-order valence-electron chi connectivity index (χ3n) is 3.17. The molecular formula is C15H24N2O. The van der Waals surface area contributed by atoms with Gasteiger partial charge in [-0.1, -0.05) is 24.3 Å². The first kappa shape index (κ1) is 14.7. The molecule has 1 aromatic carbocycles. The van der Waals surface area contributed by atoms with Crippen molar-refractivity contribution in [2.45, 2.75) is 33.2 Å². The third kappa shape index (κ3) is 4.49. The molecule has 0 fully saturated rings. The van der Waals surface area contributed by atoms with E-state index in [-0.39, 0.29) is 5.91 Å². The molecule has 100 valence electrons. The van der Waals surface area contributed by atoms with Crippen molar-refractivity contribution in [3.8, 4) is 0 Å². The average Bonchev–Trinajstić information content (AvgIpc) is 2.38. The maximum absolute atomic E-state index is 12.1. The van der Waals surface area contributed by atoms with Crippen molar-refractivity contribution in [3.05, 3.63) is 35.4 Å². The summed E-state index contributed by atoms with van der Waals surface area (Å²) < 4.78 is 0. The third-order valence-corrected chi connectivity index (χ3v) is 3.17. The molecule has 0 saturated heterocycles. The molecule has 1 rings (SSSR count). The zero-order chi connectivity index (χ0) is 13.4. The van der Waals surface area contributed by atoms with Gasteiger partial charge in [0.15, 0.2) is 0 Å². The summed E-state index contributed by atoms with van der Waals surface area (Å²) in [6, 6.07) is 8.25. The first-order valence-corrected chi connectivity index (χ1v) is 6.66. The summed E-state index contributed by atoms with van der Waals surface area (Å²) >= 11 is 0. The second-order valence-electron chi connectivity index (χ2n) is 4.54. The van der Waals surface area contributed by atoms with Gasteiger partial charge in [0.2, 0.25) is 5.91 Å². The van der Waals surface area contributed by atoms with Crippen molar-refractivity contribution in [2.24, 2.45) is 0 Å². The molecule has 18 heavy (non-hydrogen) atoms. The van der Waals surface area contributed by atoms with Crippen molar-refractivity contribution in [1.29, 1.82) is 0 Å². The molecule has 3 heteroatoms. The Morgan fingerprint density at radius 1 is 1.33 bits per heavy atom. The van der Waals surface area contributed by atoms with Gasteiger partial charge in [-0.25, -0.2) is 0 Å². The van der Waals surface area contributed by atoms with Crippen LogP contribution in [0.25, 0.3) is 0 Å². The van der Waals surface area contributed by atoms with E-state index in [9.17, 15) is 4.79 Å². The van der Waals surface area contributed by atoms with Crippen LogP contribution in [0.15, 0.2) is 24.3 Å². The standard InChI is InChI=1S/C15H24N2O/c1-4-17(15(18)10-7-11-16-3)12-14-9-6-5-8-13(14)2/h5-6,8-9,16H,4,7,10-12H2,1-3H3. The van der Waals surface area contributed by atoms with E-state index in [0.717, 1.165) is 26.1 Å². The summed E-state index contributed by atoms with van der Waals surface area (Å²) in [4.78, 5) is 14.0. The van der Waals surface area contributed by atoms with Gasteiger partial charge in [0.1, 0.15) is 0 Å². The Morgan fingerprint density at radius 2 is 2.06 bits per heavy atom. The van der Waals surface area contributed by atoms with Gasteiger partial charge in [-0.3, -0.25) is 4.79 Å². The topological polar surface area (TPSA) is 32.3 Å². The van der Waals surface area contributed by atoms with E-state index in [4.69, 9.17) is 0 Å². The lowest BCUT2D eigenvalue weighted by molar-refractivity contribution is -0.131. The molecule has 1 amide bonds. The summed E-state index contributed by atoms with van der Waals surface area (Å²) in [7, 11) is 1.91. The van der Waals surface area contributed by atoms with Crippen LogP contribution in [0.2, 0.25) is 0 Å². The summed E-state index contributed by atoms with van der Waals surface area (Å²) in [5.74, 6) is 0.246. The molecule has 0 aliphatic carbocycles. The van der Waals surface area contributed by atoms with Crippen molar-refractivity contribution in [3.63, 3.8) is 0 Å². The number of rotatable bonds is 7. The minimum atomic E-state index is 0.246. The van der Waals surface area contributed by atoms with E-state index in [1.807, 2.05) is 31.0 Å².